The van der Waals surface area contributed by atoms with Gasteiger partial charge in [0, 0.05) is 48.6 Å². The Morgan fingerprint density at radius 1 is 1.00 bits per heavy atom. The summed E-state index contributed by atoms with van der Waals surface area (Å²) in [6, 6.07) is 3.02. The first-order valence-electron chi connectivity index (χ1n) is 12.3. The van der Waals surface area contributed by atoms with Gasteiger partial charge in [-0.3, -0.25) is 4.98 Å². The van der Waals surface area contributed by atoms with Crippen molar-refractivity contribution in [2.75, 3.05) is 13.2 Å². The van der Waals surface area contributed by atoms with Crippen LogP contribution in [0.15, 0.2) is 29.2 Å². The van der Waals surface area contributed by atoms with E-state index in [1.54, 1.807) is 0 Å². The molecule has 0 amide bonds. The van der Waals surface area contributed by atoms with Gasteiger partial charge in [-0.15, -0.1) is 0 Å². The summed E-state index contributed by atoms with van der Waals surface area (Å²) in [5, 5.41) is 11.3. The Labute approximate surface area is 207 Å². The largest absolute Gasteiger partial charge is 0.388 e. The molecule has 1 N–H and O–H groups in total. The van der Waals surface area contributed by atoms with Gasteiger partial charge in [0.1, 0.15) is 11.0 Å². The summed E-state index contributed by atoms with van der Waals surface area (Å²) >= 11 is 0. The SMILES string of the molecule is CC(C)c1nc2c(c3c1[C@@H](c1ccc(S(F)(F)(F)(F)F)cc1)OC31CCOCC1)[C@@H](O)CC(C)(C)C2. The smallest absolute Gasteiger partial charge is 0.310 e. The maximum Gasteiger partial charge on any atom is 0.310 e. The topological polar surface area (TPSA) is 51.6 Å². The van der Waals surface area contributed by atoms with E-state index in [2.05, 4.69) is 13.8 Å². The third-order valence-corrected chi connectivity index (χ3v) is 8.81. The van der Waals surface area contributed by atoms with Gasteiger partial charge in [-0.25, -0.2) is 0 Å². The van der Waals surface area contributed by atoms with Gasteiger partial charge in [-0.1, -0.05) is 59.3 Å². The van der Waals surface area contributed by atoms with Crippen molar-refractivity contribution in [2.45, 2.75) is 82.0 Å². The highest BCUT2D eigenvalue weighted by molar-refractivity contribution is 8.45. The molecule has 4 nitrogen and oxygen atoms in total. The van der Waals surface area contributed by atoms with Crippen LogP contribution in [-0.4, -0.2) is 23.3 Å². The molecule has 1 saturated heterocycles. The van der Waals surface area contributed by atoms with Crippen molar-refractivity contribution in [3.63, 3.8) is 0 Å². The van der Waals surface area contributed by atoms with Crippen LogP contribution < -0.4 is 0 Å². The Morgan fingerprint density at radius 3 is 2.17 bits per heavy atom. The number of rotatable bonds is 3. The first kappa shape index (κ1) is 25.9. The van der Waals surface area contributed by atoms with Gasteiger partial charge in [-0.05, 0) is 47.4 Å². The van der Waals surface area contributed by atoms with Crippen LogP contribution in [0.4, 0.5) is 19.4 Å². The number of aliphatic hydroxyl groups is 1. The van der Waals surface area contributed by atoms with Crippen molar-refractivity contribution in [1.29, 1.82) is 0 Å². The molecule has 2 atom stereocenters. The minimum Gasteiger partial charge on any atom is -0.388 e. The van der Waals surface area contributed by atoms with Crippen LogP contribution in [0.1, 0.15) is 98.7 Å². The van der Waals surface area contributed by atoms with Crippen molar-refractivity contribution in [2.24, 2.45) is 5.41 Å². The van der Waals surface area contributed by atoms with Crippen molar-refractivity contribution >= 4 is 10.2 Å². The highest BCUT2D eigenvalue weighted by Crippen LogP contribution is 3.02. The van der Waals surface area contributed by atoms with Crippen LogP contribution in [-0.2, 0) is 21.5 Å². The van der Waals surface area contributed by atoms with E-state index in [0.29, 0.717) is 56.6 Å². The third-order valence-electron chi connectivity index (χ3n) is 7.64. The lowest BCUT2D eigenvalue weighted by Gasteiger charge is -2.40. The molecule has 3 aliphatic rings. The quantitative estimate of drug-likeness (QED) is 0.406. The number of ether oxygens (including phenoxy) is 2. The molecule has 1 spiro atoms. The van der Waals surface area contributed by atoms with Gasteiger partial charge in [0.25, 0.3) is 0 Å². The monoisotopic (exact) mass is 533 g/mol. The molecule has 1 aliphatic carbocycles. The number of hydrogen-bond donors (Lipinski definition) is 1. The first-order valence-corrected chi connectivity index (χ1v) is 14.2. The molecule has 0 radical (unpaired) electrons. The van der Waals surface area contributed by atoms with Crippen LogP contribution in [0.25, 0.3) is 0 Å². The normalized spacial score (nSPS) is 26.9. The Hall–Kier alpha value is -1.75. The van der Waals surface area contributed by atoms with E-state index in [4.69, 9.17) is 14.5 Å². The summed E-state index contributed by atoms with van der Waals surface area (Å²) in [5.74, 6) is -0.0312. The zero-order valence-electron chi connectivity index (χ0n) is 20.8. The molecule has 3 heterocycles. The Balaban J connectivity index is 1.73. The fraction of sp³-hybridized carbons (Fsp3) is 0.577. The highest BCUT2D eigenvalue weighted by atomic mass is 32.5. The number of aromatic nitrogens is 1. The van der Waals surface area contributed by atoms with Crippen molar-refractivity contribution < 1.29 is 34.0 Å². The van der Waals surface area contributed by atoms with Crippen LogP contribution >= 0.6 is 10.2 Å². The number of fused-ring (bicyclic) bond motifs is 4. The predicted molar refractivity (Wildman–Crippen MR) is 128 cm³/mol. The molecule has 1 fully saturated rings. The van der Waals surface area contributed by atoms with Crippen LogP contribution in [0.2, 0.25) is 0 Å². The molecule has 2 aromatic rings. The zero-order chi connectivity index (χ0) is 26.4. The maximum atomic E-state index is 13.4. The van der Waals surface area contributed by atoms with Crippen LogP contribution in [0.3, 0.4) is 0 Å². The van der Waals surface area contributed by atoms with E-state index < -0.39 is 32.9 Å². The Kier molecular flexibility index (Phi) is 5.34. The van der Waals surface area contributed by atoms with Gasteiger partial charge >= 0.3 is 10.2 Å². The molecule has 0 bridgehead atoms. The molecule has 200 valence electrons. The molecular weight excluding hydrogens is 501 g/mol. The van der Waals surface area contributed by atoms with Crippen LogP contribution in [0.5, 0.6) is 0 Å². The second-order valence-corrected chi connectivity index (χ2v) is 13.9. The van der Waals surface area contributed by atoms with Crippen LogP contribution in [0, 0.1) is 5.41 Å². The summed E-state index contributed by atoms with van der Waals surface area (Å²) in [5.41, 5.74) is 3.35. The molecule has 2 aliphatic heterocycles. The molecular formula is C26H32F5NO3S. The number of halogens is 5. The van der Waals surface area contributed by atoms with E-state index >= 15 is 0 Å². The molecule has 1 aromatic heterocycles. The molecule has 0 unspecified atom stereocenters. The lowest BCUT2D eigenvalue weighted by molar-refractivity contribution is -0.122. The minimum atomic E-state index is -9.80. The third kappa shape index (κ3) is 4.33. The summed E-state index contributed by atoms with van der Waals surface area (Å²) in [6.07, 6.45) is 0.716. The fourth-order valence-corrected chi connectivity index (χ4v) is 6.72. The lowest BCUT2D eigenvalue weighted by Crippen LogP contribution is -2.37. The average Bonchev–Trinajstić information content (AvgIpc) is 3.05. The van der Waals surface area contributed by atoms with Gasteiger partial charge < -0.3 is 14.6 Å². The van der Waals surface area contributed by atoms with Gasteiger partial charge in [0.15, 0.2) is 0 Å². The van der Waals surface area contributed by atoms with E-state index in [1.165, 1.54) is 0 Å². The van der Waals surface area contributed by atoms with Crippen molar-refractivity contribution in [3.8, 4) is 0 Å². The number of nitrogens with zero attached hydrogens (tertiary/aromatic N) is 1. The second kappa shape index (κ2) is 7.42. The predicted octanol–water partition coefficient (Wildman–Crippen LogP) is 7.99. The Bertz CT molecular complexity index is 1210. The lowest BCUT2D eigenvalue weighted by atomic mass is 9.70. The molecule has 0 saturated carbocycles. The number of benzene rings is 1. The first-order chi connectivity index (χ1) is 16.4. The van der Waals surface area contributed by atoms with E-state index in [-0.39, 0.29) is 11.3 Å². The van der Waals surface area contributed by atoms with Crippen molar-refractivity contribution in [1.82, 2.24) is 4.98 Å². The second-order valence-electron chi connectivity index (χ2n) is 11.5. The van der Waals surface area contributed by atoms with Crippen molar-refractivity contribution in [3.05, 3.63) is 57.9 Å². The number of aliphatic hydroxyl groups excluding tert-OH is 1. The molecule has 36 heavy (non-hydrogen) atoms. The number of hydrogen-bond acceptors (Lipinski definition) is 4. The number of pyridine rings is 1. The van der Waals surface area contributed by atoms with Gasteiger partial charge in [-0.2, -0.15) is 0 Å². The Morgan fingerprint density at radius 2 is 1.61 bits per heavy atom. The molecule has 5 rings (SSSR count). The van der Waals surface area contributed by atoms with E-state index in [9.17, 15) is 24.5 Å². The zero-order valence-corrected chi connectivity index (χ0v) is 21.6. The van der Waals surface area contributed by atoms with Gasteiger partial charge in [0.2, 0.25) is 0 Å². The van der Waals surface area contributed by atoms with E-state index in [1.807, 2.05) is 13.8 Å². The standard InChI is InChI=1S/C26H32F5NO3S/c1-15(2)23-21-22(20-18(32-23)13-25(3,4)14-19(20)33)26(9-11-34-12-10-26)35-24(21)16-5-7-17(8-6-16)36(27,28,29,30)31/h5-8,15,19,24,33H,9-14H2,1-4H3/t19-,24+/m0/s1. The molecule has 10 heteroatoms. The van der Waals surface area contributed by atoms with Gasteiger partial charge in [0.05, 0.1) is 11.7 Å². The average molecular weight is 534 g/mol. The summed E-state index contributed by atoms with van der Waals surface area (Å²) in [7, 11) is -9.80. The maximum absolute atomic E-state index is 13.4. The van der Waals surface area contributed by atoms with E-state index in [0.717, 1.165) is 40.2 Å². The fourth-order valence-electron chi connectivity index (χ4n) is 6.07. The highest BCUT2D eigenvalue weighted by Gasteiger charge is 2.65. The summed E-state index contributed by atoms with van der Waals surface area (Å²) < 4.78 is 79.1. The summed E-state index contributed by atoms with van der Waals surface area (Å²) in [6.45, 7) is 9.03. The minimum absolute atomic E-state index is 0.0312. The summed E-state index contributed by atoms with van der Waals surface area (Å²) in [4.78, 5) is 3.07. The molecule has 1 aromatic carbocycles.